The fourth-order valence-electron chi connectivity index (χ4n) is 2.97. The molecular weight excluding hydrogens is 362 g/mol. The summed E-state index contributed by atoms with van der Waals surface area (Å²) in [5.41, 5.74) is 1.92. The van der Waals surface area contributed by atoms with Crippen LogP contribution in [0.5, 0.6) is 5.75 Å². The average Bonchev–Trinajstić information content (AvgIpc) is 3.22. The van der Waals surface area contributed by atoms with E-state index in [0.717, 1.165) is 49.9 Å². The normalized spacial score (nSPS) is 20.1. The predicted molar refractivity (Wildman–Crippen MR) is 96.4 cm³/mol. The number of amides is 1. The van der Waals surface area contributed by atoms with Crippen molar-refractivity contribution < 1.29 is 14.3 Å². The van der Waals surface area contributed by atoms with Crippen LogP contribution in [-0.4, -0.2) is 48.2 Å². The molecule has 8 heteroatoms. The Balaban J connectivity index is 1.34. The van der Waals surface area contributed by atoms with Gasteiger partial charge in [0.1, 0.15) is 5.75 Å². The summed E-state index contributed by atoms with van der Waals surface area (Å²) < 4.78 is 11.1. The summed E-state index contributed by atoms with van der Waals surface area (Å²) in [4.78, 5) is 19.2. The van der Waals surface area contributed by atoms with Crippen molar-refractivity contribution in [1.82, 2.24) is 9.88 Å². The molecule has 3 heterocycles. The van der Waals surface area contributed by atoms with Gasteiger partial charge in [-0.25, -0.2) is 4.98 Å². The van der Waals surface area contributed by atoms with Crippen molar-refractivity contribution in [3.8, 4) is 5.75 Å². The molecule has 0 spiro atoms. The Bertz CT molecular complexity index is 776. The molecule has 2 aromatic rings. The number of fused-ring (bicyclic) bond motifs is 1. The molecule has 1 saturated heterocycles. The average molecular weight is 380 g/mol. The Labute approximate surface area is 154 Å². The summed E-state index contributed by atoms with van der Waals surface area (Å²) in [5, 5.41) is 6.09. The van der Waals surface area contributed by atoms with Crippen molar-refractivity contribution in [2.75, 3.05) is 31.6 Å². The molecule has 0 saturated carbocycles. The molecule has 1 aromatic heterocycles. The van der Waals surface area contributed by atoms with Crippen LogP contribution < -0.4 is 10.1 Å². The fourth-order valence-corrected chi connectivity index (χ4v) is 3.87. The standard InChI is InChI=1S/C17H18ClN3O3S/c18-12-1-2-14-11(7-12)8-15(24-14)16(22)20-17-19-13(10-25-17)9-21-3-5-23-6-4-21/h1-2,7,10,15H,3-6,8-9H2,(H,19,20,22). The van der Waals surface area contributed by atoms with Gasteiger partial charge in [-0.3, -0.25) is 15.0 Å². The van der Waals surface area contributed by atoms with Crippen molar-refractivity contribution in [3.05, 3.63) is 39.9 Å². The lowest BCUT2D eigenvalue weighted by Gasteiger charge is -2.25. The summed E-state index contributed by atoms with van der Waals surface area (Å²) in [6.07, 6.45) is -0.0200. The number of rotatable bonds is 4. The van der Waals surface area contributed by atoms with E-state index in [2.05, 4.69) is 15.2 Å². The van der Waals surface area contributed by atoms with Crippen molar-refractivity contribution in [1.29, 1.82) is 0 Å². The third kappa shape index (κ3) is 3.95. The van der Waals surface area contributed by atoms with Crippen LogP contribution in [0.3, 0.4) is 0 Å². The van der Waals surface area contributed by atoms with Crippen LogP contribution in [0.1, 0.15) is 11.3 Å². The maximum atomic E-state index is 12.4. The number of halogens is 1. The van der Waals surface area contributed by atoms with Crippen LogP contribution in [-0.2, 0) is 22.5 Å². The van der Waals surface area contributed by atoms with E-state index in [9.17, 15) is 4.79 Å². The van der Waals surface area contributed by atoms with Crippen LogP contribution in [0.4, 0.5) is 5.13 Å². The molecular formula is C17H18ClN3O3S. The molecule has 1 N–H and O–H groups in total. The van der Waals surface area contributed by atoms with Crippen molar-refractivity contribution in [2.45, 2.75) is 19.1 Å². The number of thiazole rings is 1. The molecule has 25 heavy (non-hydrogen) atoms. The molecule has 2 aliphatic rings. The molecule has 6 nitrogen and oxygen atoms in total. The van der Waals surface area contributed by atoms with Gasteiger partial charge in [-0.1, -0.05) is 11.6 Å². The Morgan fingerprint density at radius 1 is 1.40 bits per heavy atom. The largest absolute Gasteiger partial charge is 0.480 e. The van der Waals surface area contributed by atoms with E-state index < -0.39 is 6.10 Å². The maximum absolute atomic E-state index is 12.4. The van der Waals surface area contributed by atoms with Crippen molar-refractivity contribution in [2.24, 2.45) is 0 Å². The molecule has 1 atom stereocenters. The smallest absolute Gasteiger partial charge is 0.267 e. The topological polar surface area (TPSA) is 63.7 Å². The predicted octanol–water partition coefficient (Wildman–Crippen LogP) is 2.57. The Morgan fingerprint density at radius 3 is 3.08 bits per heavy atom. The number of aromatic nitrogens is 1. The van der Waals surface area contributed by atoms with Crippen LogP contribution in [0.2, 0.25) is 5.02 Å². The minimum Gasteiger partial charge on any atom is -0.480 e. The molecule has 0 bridgehead atoms. The first-order chi connectivity index (χ1) is 12.2. The highest BCUT2D eigenvalue weighted by molar-refractivity contribution is 7.13. The van der Waals surface area contributed by atoms with E-state index in [1.54, 1.807) is 12.1 Å². The highest BCUT2D eigenvalue weighted by atomic mass is 35.5. The number of carbonyl (C=O) groups excluding carboxylic acids is 1. The first-order valence-electron chi connectivity index (χ1n) is 8.18. The molecule has 0 radical (unpaired) electrons. The molecule has 1 unspecified atom stereocenters. The van der Waals surface area contributed by atoms with Crippen molar-refractivity contribution in [3.63, 3.8) is 0 Å². The van der Waals surface area contributed by atoms with E-state index in [1.165, 1.54) is 11.3 Å². The summed E-state index contributed by atoms with van der Waals surface area (Å²) in [5.74, 6) is 0.538. The van der Waals surface area contributed by atoms with Gasteiger partial charge in [0.2, 0.25) is 0 Å². The first-order valence-corrected chi connectivity index (χ1v) is 9.43. The fraction of sp³-hybridized carbons (Fsp3) is 0.412. The van der Waals surface area contributed by atoms with Gasteiger partial charge in [0.25, 0.3) is 5.91 Å². The summed E-state index contributed by atoms with van der Waals surface area (Å²) in [6.45, 7) is 4.13. The number of hydrogen-bond donors (Lipinski definition) is 1. The van der Waals surface area contributed by atoms with Gasteiger partial charge in [0.15, 0.2) is 11.2 Å². The highest BCUT2D eigenvalue weighted by Gasteiger charge is 2.29. The van der Waals surface area contributed by atoms with Crippen LogP contribution in [0.15, 0.2) is 23.6 Å². The second-order valence-electron chi connectivity index (χ2n) is 6.08. The SMILES string of the molecule is O=C(Nc1nc(CN2CCOCC2)cs1)C1Cc2cc(Cl)ccc2O1. The van der Waals surface area contributed by atoms with E-state index in [4.69, 9.17) is 21.1 Å². The Kier molecular flexibility index (Phi) is 4.89. The number of carbonyl (C=O) groups is 1. The Hall–Kier alpha value is -1.67. The third-order valence-corrected chi connectivity index (χ3v) is 5.30. The number of benzene rings is 1. The van der Waals surface area contributed by atoms with Gasteiger partial charge < -0.3 is 9.47 Å². The van der Waals surface area contributed by atoms with Gasteiger partial charge in [-0.15, -0.1) is 11.3 Å². The number of morpholine rings is 1. The summed E-state index contributed by atoms with van der Waals surface area (Å²) >= 11 is 7.42. The molecule has 0 aliphatic carbocycles. The molecule has 1 aromatic carbocycles. The van der Waals surface area contributed by atoms with Crippen LogP contribution >= 0.6 is 22.9 Å². The van der Waals surface area contributed by atoms with E-state index in [1.807, 2.05) is 11.4 Å². The maximum Gasteiger partial charge on any atom is 0.267 e. The lowest BCUT2D eigenvalue weighted by molar-refractivity contribution is -0.122. The minimum atomic E-state index is -0.542. The minimum absolute atomic E-state index is 0.181. The van der Waals surface area contributed by atoms with Gasteiger partial charge in [-0.05, 0) is 23.8 Å². The monoisotopic (exact) mass is 379 g/mol. The number of ether oxygens (including phenoxy) is 2. The molecule has 132 valence electrons. The second kappa shape index (κ2) is 7.29. The zero-order valence-electron chi connectivity index (χ0n) is 13.5. The molecule has 4 rings (SSSR count). The Morgan fingerprint density at radius 2 is 2.24 bits per heavy atom. The van der Waals surface area contributed by atoms with Gasteiger partial charge in [0.05, 0.1) is 18.9 Å². The number of nitrogens with one attached hydrogen (secondary N) is 1. The molecule has 2 aliphatic heterocycles. The second-order valence-corrected chi connectivity index (χ2v) is 7.38. The summed E-state index contributed by atoms with van der Waals surface area (Å²) in [6, 6.07) is 5.40. The van der Waals surface area contributed by atoms with Gasteiger partial charge in [-0.2, -0.15) is 0 Å². The lowest BCUT2D eigenvalue weighted by atomic mass is 10.1. The number of hydrogen-bond acceptors (Lipinski definition) is 6. The first kappa shape index (κ1) is 16.8. The van der Waals surface area contributed by atoms with Gasteiger partial charge >= 0.3 is 0 Å². The lowest BCUT2D eigenvalue weighted by Crippen LogP contribution is -2.35. The number of nitrogens with zero attached hydrogens (tertiary/aromatic N) is 2. The number of anilines is 1. The van der Waals surface area contributed by atoms with Crippen molar-refractivity contribution >= 4 is 34.0 Å². The molecule has 1 fully saturated rings. The van der Waals surface area contributed by atoms with E-state index in [0.29, 0.717) is 16.6 Å². The van der Waals surface area contributed by atoms with Gasteiger partial charge in [0, 0.05) is 36.5 Å². The quantitative estimate of drug-likeness (QED) is 0.884. The molecule has 1 amide bonds. The van der Waals surface area contributed by atoms with Crippen LogP contribution in [0.25, 0.3) is 0 Å². The zero-order valence-corrected chi connectivity index (χ0v) is 15.1. The highest BCUT2D eigenvalue weighted by Crippen LogP contribution is 2.31. The zero-order chi connectivity index (χ0) is 17.2. The van der Waals surface area contributed by atoms with E-state index >= 15 is 0 Å². The van der Waals surface area contributed by atoms with Crippen LogP contribution in [0, 0.1) is 0 Å². The van der Waals surface area contributed by atoms with E-state index in [-0.39, 0.29) is 5.91 Å². The summed E-state index contributed by atoms with van der Waals surface area (Å²) in [7, 11) is 0. The third-order valence-electron chi connectivity index (χ3n) is 4.26.